The Morgan fingerprint density at radius 1 is 0.393 bits per heavy atom. The number of hydrogen-bond donors (Lipinski definition) is 10. The molecule has 344 valence electrons. The standard InChI is InChI=1S/2C6H17N3O9S3.2C2H7NO3S.4Na.Zn/c2*7-3-6(21(16,17)18,4(8)1-19(10,11)12)5(9)2-20(13,14)15;2*3-1-2-7(4,5)6;;;;;/h2*4-5H,1-3,7-9H2,(H,10,11,12)(H,13,14,15)(H,16,17,18);2*1-3H2,(H,4,5,6);;;;;/q;;;;4*+1;+2/p-6. The Hall–Kier alpha value is 3.58. The molecule has 45 heteroatoms. The number of rotatable bonds is 20. The van der Waals surface area contributed by atoms with E-state index in [4.69, 9.17) is 55.0 Å². The third-order valence-electron chi connectivity index (χ3n) is 6.37. The van der Waals surface area contributed by atoms with Crippen molar-refractivity contribution in [3.05, 3.63) is 0 Å². The molecule has 0 aromatic rings. The molecule has 0 saturated carbocycles. The number of nitrogens with two attached hydrogens (primary N) is 8. The molecular formula is C16H42N8Na4O24S8Zn. The maximum absolute atomic E-state index is 11.3. The fraction of sp³-hybridized carbons (Fsp3) is 1.00. The zero-order valence-corrected chi connectivity index (χ0v) is 50.3. The first kappa shape index (κ1) is 84.5. The van der Waals surface area contributed by atoms with Crippen molar-refractivity contribution in [3.8, 4) is 0 Å². The van der Waals surface area contributed by atoms with Crippen LogP contribution in [-0.2, 0) is 100 Å². The van der Waals surface area contributed by atoms with Gasteiger partial charge in [0.25, 0.3) is 20.2 Å². The van der Waals surface area contributed by atoms with Gasteiger partial charge >= 0.3 is 138 Å². The molecule has 32 nitrogen and oxygen atoms in total. The Balaban J connectivity index is -0.0000000908. The van der Waals surface area contributed by atoms with E-state index in [-0.39, 0.29) is 162 Å². The van der Waals surface area contributed by atoms with Crippen molar-refractivity contribution in [2.45, 2.75) is 33.7 Å². The fourth-order valence-electron chi connectivity index (χ4n) is 3.84. The second-order valence-corrected chi connectivity index (χ2v) is 23.0. The topological polar surface area (TPSA) is 660 Å². The Bertz CT molecular complexity index is 1920. The molecule has 61 heavy (non-hydrogen) atoms. The van der Waals surface area contributed by atoms with Crippen molar-refractivity contribution in [1.29, 1.82) is 0 Å². The quantitative estimate of drug-likeness (QED) is 0.0400. The summed E-state index contributed by atoms with van der Waals surface area (Å²) in [5, 5.41) is 0. The van der Waals surface area contributed by atoms with Crippen molar-refractivity contribution in [2.75, 3.05) is 60.7 Å². The van der Waals surface area contributed by atoms with E-state index < -0.39 is 151 Å². The van der Waals surface area contributed by atoms with Gasteiger partial charge in [0.1, 0.15) is 29.7 Å². The third kappa shape index (κ3) is 38.1. The van der Waals surface area contributed by atoms with Gasteiger partial charge in [-0.25, -0.2) is 50.5 Å². The molecule has 0 radical (unpaired) electrons. The molecule has 0 saturated heterocycles. The van der Waals surface area contributed by atoms with Crippen LogP contribution in [0, 0.1) is 0 Å². The van der Waals surface area contributed by atoms with E-state index in [9.17, 15) is 94.7 Å². The number of hydrogen-bond acceptors (Lipinski definition) is 30. The average Bonchev–Trinajstić information content (AvgIpc) is 2.84. The Kier molecular flexibility index (Phi) is 47.1. The molecule has 0 bridgehead atoms. The zero-order valence-electron chi connectivity index (χ0n) is 32.8. The molecule has 0 aromatic carbocycles. The van der Waals surface area contributed by atoms with Crippen molar-refractivity contribution in [3.63, 3.8) is 0 Å². The van der Waals surface area contributed by atoms with E-state index in [2.05, 4.69) is 0 Å². The molecule has 0 aliphatic heterocycles. The zero-order chi connectivity index (χ0) is 46.4. The SMILES string of the molecule is NCC(C(N)CS(=O)(=O)[O-])(C(N)CS(=O)(=O)[O-])S(=O)(=O)[O-].NCC(C(N)CS(=O)(=O)[O-])(C(N)CS(=O)(=O)[O-])S(=O)(=O)[O-].NCCS(=O)(=O)O.NCCS(=O)(=O)O.[Na+].[Na+].[Na+].[Na+].[Zn+2]. The summed E-state index contributed by atoms with van der Waals surface area (Å²) in [4.78, 5) is 0. The van der Waals surface area contributed by atoms with Crippen LogP contribution >= 0.6 is 0 Å². The third-order valence-corrected chi connectivity index (χ3v) is 14.3. The molecule has 0 spiro atoms. The maximum Gasteiger partial charge on any atom is 2.00 e. The van der Waals surface area contributed by atoms with Crippen LogP contribution in [-0.4, -0.2) is 198 Å². The van der Waals surface area contributed by atoms with Crippen LogP contribution in [0.1, 0.15) is 0 Å². The van der Waals surface area contributed by atoms with E-state index in [0.29, 0.717) is 0 Å². The van der Waals surface area contributed by atoms with Crippen LogP contribution in [0.4, 0.5) is 0 Å². The molecule has 4 atom stereocenters. The first-order valence-corrected chi connectivity index (χ1v) is 26.0. The van der Waals surface area contributed by atoms with Crippen LogP contribution in [0.15, 0.2) is 0 Å². The van der Waals surface area contributed by atoms with Crippen LogP contribution in [0.25, 0.3) is 0 Å². The first-order valence-electron chi connectivity index (χ1n) is 13.6. The molecular weight excluding hydrogens is 1100 g/mol. The van der Waals surface area contributed by atoms with Gasteiger partial charge in [0.15, 0.2) is 0 Å². The van der Waals surface area contributed by atoms with E-state index in [1.165, 1.54) is 0 Å². The second kappa shape index (κ2) is 34.0. The summed E-state index contributed by atoms with van der Waals surface area (Å²) in [6.45, 7) is -2.41. The summed E-state index contributed by atoms with van der Waals surface area (Å²) >= 11 is 0. The Morgan fingerprint density at radius 2 is 0.541 bits per heavy atom. The van der Waals surface area contributed by atoms with E-state index in [0.717, 1.165) is 0 Å². The van der Waals surface area contributed by atoms with Gasteiger partial charge in [0.05, 0.1) is 75.0 Å². The minimum absolute atomic E-state index is 0. The molecule has 0 rings (SSSR count). The van der Waals surface area contributed by atoms with Gasteiger partial charge in [-0.15, -0.1) is 0 Å². The average molecular weight is 1140 g/mol. The predicted octanol–water partition coefficient (Wildman–Crippen LogP) is -24.4. The molecule has 0 aromatic heterocycles. The van der Waals surface area contributed by atoms with Gasteiger partial charge in [-0.3, -0.25) is 9.11 Å². The van der Waals surface area contributed by atoms with Crippen LogP contribution in [0.2, 0.25) is 0 Å². The summed E-state index contributed by atoms with van der Waals surface area (Å²) in [6, 6.07) is -8.82. The van der Waals surface area contributed by atoms with E-state index in [1.54, 1.807) is 0 Å². The van der Waals surface area contributed by atoms with Crippen molar-refractivity contribution in [2.24, 2.45) is 45.9 Å². The molecule has 0 aliphatic carbocycles. The smallest absolute Gasteiger partial charge is 0.748 e. The Morgan fingerprint density at radius 3 is 0.590 bits per heavy atom. The summed E-state index contributed by atoms with van der Waals surface area (Å²) < 4.78 is 244. The van der Waals surface area contributed by atoms with Crippen LogP contribution in [0.5, 0.6) is 0 Å². The molecule has 18 N–H and O–H groups in total. The molecule has 0 fully saturated rings. The van der Waals surface area contributed by atoms with Crippen molar-refractivity contribution < 1.29 is 241 Å². The monoisotopic (exact) mass is 1140 g/mol. The summed E-state index contributed by atoms with van der Waals surface area (Å²) in [7, 11) is -39.0. The van der Waals surface area contributed by atoms with Crippen molar-refractivity contribution in [1.82, 2.24) is 0 Å². The molecule has 0 amide bonds. The van der Waals surface area contributed by atoms with Gasteiger partial charge in [-0.1, -0.05) is 0 Å². The molecule has 4 unspecified atom stereocenters. The second-order valence-electron chi connectivity index (χ2n) is 10.7. The maximum atomic E-state index is 11.3. The van der Waals surface area contributed by atoms with Gasteiger partial charge in [-0.05, 0) is 0 Å². The predicted molar refractivity (Wildman–Crippen MR) is 184 cm³/mol. The van der Waals surface area contributed by atoms with E-state index >= 15 is 0 Å². The van der Waals surface area contributed by atoms with Crippen LogP contribution < -0.4 is 164 Å². The summed E-state index contributed by atoms with van der Waals surface area (Å²) in [6.07, 6.45) is 0. The Labute approximate surface area is 456 Å². The normalized spacial score (nSPS) is 16.3. The largest absolute Gasteiger partial charge is 2.00 e. The van der Waals surface area contributed by atoms with Gasteiger partial charge in [-0.2, -0.15) is 16.8 Å². The minimum atomic E-state index is -5.55. The van der Waals surface area contributed by atoms with E-state index in [1.807, 2.05) is 0 Å². The fourth-order valence-corrected chi connectivity index (χ4v) is 10.0. The molecule has 0 aliphatic rings. The van der Waals surface area contributed by atoms with Gasteiger partial charge in [0, 0.05) is 50.3 Å². The summed E-state index contributed by atoms with van der Waals surface area (Å²) in [5.74, 6) is -6.83. The first-order chi connectivity index (χ1) is 24.3. The van der Waals surface area contributed by atoms with Crippen LogP contribution in [0.3, 0.4) is 0 Å². The minimum Gasteiger partial charge on any atom is -0.748 e. The van der Waals surface area contributed by atoms with Gasteiger partial charge < -0.3 is 73.2 Å². The van der Waals surface area contributed by atoms with Gasteiger partial charge in [0.2, 0.25) is 0 Å². The van der Waals surface area contributed by atoms with Crippen molar-refractivity contribution >= 4 is 80.9 Å². The summed E-state index contributed by atoms with van der Waals surface area (Å²) in [5.41, 5.74) is 40.7. The molecule has 0 heterocycles.